The molecular weight excluding hydrogens is 447 g/mol. The number of sulfone groups is 1. The second kappa shape index (κ2) is 29.4. The molecule has 1 rings (SSSR count). The van der Waals surface area contributed by atoms with Gasteiger partial charge in [0.25, 0.3) is 0 Å². The van der Waals surface area contributed by atoms with Crippen LogP contribution in [0.25, 0.3) is 0 Å². The molecule has 4 heteroatoms. The molecular formula is C30H57NaO2S. The predicted molar refractivity (Wildman–Crippen MR) is 150 cm³/mol. The van der Waals surface area contributed by atoms with Crippen LogP contribution < -0.4 is 29.6 Å². The molecule has 0 aliphatic rings. The van der Waals surface area contributed by atoms with Gasteiger partial charge in [-0.05, 0) is 12.8 Å². The number of rotatable bonds is 22. The smallest absolute Gasteiger partial charge is 1.00 e. The second-order valence-corrected chi connectivity index (χ2v) is 12.0. The van der Waals surface area contributed by atoms with Gasteiger partial charge in [0.05, 0.1) is 11.5 Å². The van der Waals surface area contributed by atoms with Crippen LogP contribution in [0.5, 0.6) is 0 Å². The minimum absolute atomic E-state index is 0. The molecule has 0 saturated heterocycles. The van der Waals surface area contributed by atoms with Crippen molar-refractivity contribution in [2.45, 2.75) is 142 Å². The summed E-state index contributed by atoms with van der Waals surface area (Å²) in [6.07, 6.45) is 25.2. The maximum Gasteiger partial charge on any atom is 1.00 e. The third kappa shape index (κ3) is 30.2. The molecule has 34 heavy (non-hydrogen) atoms. The molecule has 0 radical (unpaired) electrons. The summed E-state index contributed by atoms with van der Waals surface area (Å²) in [4.78, 5) is 0. The Morgan fingerprint density at radius 2 is 0.618 bits per heavy atom. The molecule has 0 unspecified atom stereocenters. The van der Waals surface area contributed by atoms with Crippen molar-refractivity contribution in [1.29, 1.82) is 0 Å². The number of hydrogen-bond donors (Lipinski definition) is 0. The van der Waals surface area contributed by atoms with Gasteiger partial charge in [-0.2, -0.15) is 0 Å². The zero-order valence-corrected chi connectivity index (χ0v) is 26.1. The molecule has 0 aliphatic heterocycles. The summed E-state index contributed by atoms with van der Waals surface area (Å²) in [5.41, 5.74) is 0. The topological polar surface area (TPSA) is 34.1 Å². The Kier molecular flexibility index (Phi) is 31.4. The van der Waals surface area contributed by atoms with E-state index in [2.05, 4.69) is 13.8 Å². The van der Waals surface area contributed by atoms with Gasteiger partial charge in [0.2, 0.25) is 0 Å². The first-order valence-corrected chi connectivity index (χ1v) is 16.1. The van der Waals surface area contributed by atoms with Crippen molar-refractivity contribution >= 4 is 9.84 Å². The summed E-state index contributed by atoms with van der Waals surface area (Å²) in [7, 11) is -2.80. The average molecular weight is 505 g/mol. The van der Waals surface area contributed by atoms with Gasteiger partial charge in [0.15, 0.2) is 0 Å². The van der Waals surface area contributed by atoms with Crippen molar-refractivity contribution in [2.24, 2.45) is 0 Å². The molecule has 0 atom stereocenters. The van der Waals surface area contributed by atoms with Crippen LogP contribution in [0.2, 0.25) is 0 Å². The van der Waals surface area contributed by atoms with Gasteiger partial charge < -0.3 is 1.43 Å². The van der Waals surface area contributed by atoms with Gasteiger partial charge in [0, 0.05) is 0 Å². The van der Waals surface area contributed by atoms with Crippen molar-refractivity contribution in [2.75, 3.05) is 11.5 Å². The normalized spacial score (nSPS) is 10.9. The van der Waals surface area contributed by atoms with Crippen LogP contribution in [0.3, 0.4) is 0 Å². The first-order valence-electron chi connectivity index (χ1n) is 14.3. The quantitative estimate of drug-likeness (QED) is 0.125. The molecule has 1 aromatic carbocycles. The van der Waals surface area contributed by atoms with E-state index in [0.29, 0.717) is 11.5 Å². The summed E-state index contributed by atoms with van der Waals surface area (Å²) in [5, 5.41) is 0. The molecule has 0 heterocycles. The zero-order chi connectivity index (χ0) is 24.3. The predicted octanol–water partition coefficient (Wildman–Crippen LogP) is 7.05. The van der Waals surface area contributed by atoms with E-state index >= 15 is 0 Å². The molecule has 0 bridgehead atoms. The fourth-order valence-corrected chi connectivity index (χ4v) is 5.60. The second-order valence-electron chi connectivity index (χ2n) is 9.67. The molecule has 0 saturated carbocycles. The molecule has 0 aromatic heterocycles. The maximum absolute atomic E-state index is 12.1. The Hall–Kier alpha value is 0.170. The monoisotopic (exact) mass is 504 g/mol. The van der Waals surface area contributed by atoms with Gasteiger partial charge in [-0.15, -0.1) is 0 Å². The minimum atomic E-state index is -2.80. The van der Waals surface area contributed by atoms with Crippen LogP contribution in [0.1, 0.15) is 144 Å². The number of benzene rings is 1. The van der Waals surface area contributed by atoms with E-state index in [1.807, 2.05) is 36.4 Å². The molecule has 0 N–H and O–H groups in total. The maximum atomic E-state index is 12.1. The summed E-state index contributed by atoms with van der Waals surface area (Å²) < 4.78 is 24.2. The van der Waals surface area contributed by atoms with Crippen molar-refractivity contribution in [1.82, 2.24) is 0 Å². The van der Waals surface area contributed by atoms with Crippen LogP contribution in [0.15, 0.2) is 36.4 Å². The van der Waals surface area contributed by atoms with E-state index in [9.17, 15) is 8.42 Å². The van der Waals surface area contributed by atoms with E-state index in [1.165, 1.54) is 103 Å². The summed E-state index contributed by atoms with van der Waals surface area (Å²) in [6, 6.07) is 12.0. The fraction of sp³-hybridized carbons (Fsp3) is 0.800. The summed E-state index contributed by atoms with van der Waals surface area (Å²) >= 11 is 0. The van der Waals surface area contributed by atoms with E-state index in [4.69, 9.17) is 0 Å². The first kappa shape index (κ1) is 36.3. The van der Waals surface area contributed by atoms with Gasteiger partial charge in [-0.3, -0.25) is 0 Å². The van der Waals surface area contributed by atoms with Crippen LogP contribution in [-0.2, 0) is 9.84 Å². The van der Waals surface area contributed by atoms with Crippen molar-refractivity contribution < 1.29 is 39.4 Å². The van der Waals surface area contributed by atoms with Crippen LogP contribution in [0, 0.1) is 0 Å². The van der Waals surface area contributed by atoms with Gasteiger partial charge in [-0.1, -0.05) is 166 Å². The van der Waals surface area contributed by atoms with E-state index in [0.717, 1.165) is 25.7 Å². The third-order valence-electron chi connectivity index (χ3n) is 6.28. The van der Waals surface area contributed by atoms with Crippen molar-refractivity contribution in [3.05, 3.63) is 36.4 Å². The van der Waals surface area contributed by atoms with Crippen LogP contribution >= 0.6 is 0 Å². The van der Waals surface area contributed by atoms with Gasteiger partial charge in [-0.25, -0.2) is 8.42 Å². The number of unbranched alkanes of at least 4 members (excludes halogenated alkanes) is 18. The molecule has 0 aliphatic carbocycles. The summed E-state index contributed by atoms with van der Waals surface area (Å²) in [6.45, 7) is 4.51. The zero-order valence-electron chi connectivity index (χ0n) is 24.2. The largest absolute Gasteiger partial charge is 1.00 e. The van der Waals surface area contributed by atoms with Crippen molar-refractivity contribution in [3.8, 4) is 0 Å². The molecule has 1 aromatic rings. The minimum Gasteiger partial charge on any atom is -1.00 e. The van der Waals surface area contributed by atoms with Gasteiger partial charge in [0.1, 0.15) is 9.84 Å². The Labute approximate surface area is 238 Å². The molecule has 0 amide bonds. The Balaban J connectivity index is -0.00000111. The molecule has 0 spiro atoms. The molecule has 0 fully saturated rings. The van der Waals surface area contributed by atoms with E-state index < -0.39 is 9.84 Å². The Morgan fingerprint density at radius 3 is 0.853 bits per heavy atom. The van der Waals surface area contributed by atoms with E-state index in [-0.39, 0.29) is 31.0 Å². The Morgan fingerprint density at radius 1 is 0.412 bits per heavy atom. The first-order chi connectivity index (χ1) is 16.1. The fourth-order valence-electron chi connectivity index (χ4n) is 4.11. The molecule has 2 nitrogen and oxygen atoms in total. The van der Waals surface area contributed by atoms with Gasteiger partial charge >= 0.3 is 29.6 Å². The van der Waals surface area contributed by atoms with Crippen LogP contribution in [-0.4, -0.2) is 19.9 Å². The SMILES string of the molecule is CCCCCCCCCCCCS(=O)(=O)CCCCCCCCCCCC.[H-].[Na+].c1ccccc1. The average Bonchev–Trinajstić information content (AvgIpc) is 2.83. The van der Waals surface area contributed by atoms with Crippen LogP contribution in [0.4, 0.5) is 0 Å². The Bertz CT molecular complexity index is 525. The summed E-state index contributed by atoms with van der Waals surface area (Å²) in [5.74, 6) is 0.835. The number of hydrogen-bond acceptors (Lipinski definition) is 2. The van der Waals surface area contributed by atoms with Crippen molar-refractivity contribution in [3.63, 3.8) is 0 Å². The third-order valence-corrected chi connectivity index (χ3v) is 8.11. The van der Waals surface area contributed by atoms with E-state index in [1.54, 1.807) is 0 Å². The standard InChI is InChI=1S/C24H50O2S.C6H6.Na.H/c1-3-5-7-9-11-13-15-17-19-21-23-27(25,26)24-22-20-18-16-14-12-10-8-6-4-2;1-2-4-6-5-3-1;;/h3-24H2,1-2H3;1-6H;;/q;;+1;-1. The molecule has 196 valence electrons.